The molecular formula is C26H29N5O9S2. The van der Waals surface area contributed by atoms with Crippen molar-refractivity contribution < 1.29 is 40.6 Å². The van der Waals surface area contributed by atoms with Crippen LogP contribution in [-0.4, -0.2) is 44.1 Å². The zero-order valence-electron chi connectivity index (χ0n) is 22.0. The van der Waals surface area contributed by atoms with Gasteiger partial charge in [0, 0.05) is 34.4 Å². The second-order valence-electron chi connectivity index (χ2n) is 8.28. The van der Waals surface area contributed by atoms with Crippen molar-refractivity contribution in [3.63, 3.8) is 0 Å². The summed E-state index contributed by atoms with van der Waals surface area (Å²) in [5, 5.41) is 11.5. The Hall–Kier alpha value is -5.03. The topological polar surface area (TPSA) is 271 Å². The van der Waals surface area contributed by atoms with Gasteiger partial charge in [-0.2, -0.15) is 16.8 Å². The number of anilines is 5. The Morgan fingerprint density at radius 2 is 1.17 bits per heavy atom. The summed E-state index contributed by atoms with van der Waals surface area (Å²) in [7, 11) is -7.10. The summed E-state index contributed by atoms with van der Waals surface area (Å²) >= 11 is 0. The highest BCUT2D eigenvalue weighted by Crippen LogP contribution is 2.27. The largest absolute Gasteiger partial charge is 0.504 e. The van der Waals surface area contributed by atoms with Gasteiger partial charge in [-0.05, 0) is 78.9 Å². The second kappa shape index (κ2) is 14.0. The number of hydrogen-bond acceptors (Lipinski definition) is 11. The number of amides is 1. The Morgan fingerprint density at radius 3 is 1.64 bits per heavy atom. The first-order valence-electron chi connectivity index (χ1n) is 11.5. The molecule has 12 N–H and O–H groups in total. The van der Waals surface area contributed by atoms with E-state index in [2.05, 4.69) is 5.32 Å². The molecule has 224 valence electrons. The predicted molar refractivity (Wildman–Crippen MR) is 159 cm³/mol. The molecule has 42 heavy (non-hydrogen) atoms. The van der Waals surface area contributed by atoms with E-state index in [1.165, 1.54) is 61.7 Å². The molecule has 0 aliphatic carbocycles. The first kappa shape index (κ1) is 33.2. The van der Waals surface area contributed by atoms with E-state index in [0.29, 0.717) is 28.4 Å². The maximum absolute atomic E-state index is 12.0. The molecule has 0 radical (unpaired) electrons. The number of aromatic hydroxyl groups is 1. The van der Waals surface area contributed by atoms with Crippen molar-refractivity contribution in [2.75, 3.05) is 35.4 Å². The number of ether oxygens (including phenoxy) is 1. The molecule has 0 aliphatic rings. The fourth-order valence-electron chi connectivity index (χ4n) is 3.02. The fourth-order valence-corrected chi connectivity index (χ4v) is 4.18. The minimum atomic E-state index is -4.51. The molecule has 0 aromatic heterocycles. The maximum atomic E-state index is 12.0. The highest BCUT2D eigenvalue weighted by molar-refractivity contribution is 7.86. The highest BCUT2D eigenvalue weighted by Gasteiger charge is 2.18. The summed E-state index contributed by atoms with van der Waals surface area (Å²) in [5.74, 6) is -0.0265. The van der Waals surface area contributed by atoms with Crippen molar-refractivity contribution in [3.05, 3.63) is 90.5 Å². The molecule has 0 heterocycles. The van der Waals surface area contributed by atoms with Crippen LogP contribution in [0.5, 0.6) is 11.5 Å². The van der Waals surface area contributed by atoms with Crippen LogP contribution in [-0.2, 0) is 20.2 Å². The number of phenols is 1. The first-order chi connectivity index (χ1) is 19.5. The van der Waals surface area contributed by atoms with Crippen LogP contribution in [0.25, 0.3) is 0 Å². The van der Waals surface area contributed by atoms with E-state index in [0.717, 1.165) is 6.07 Å². The molecule has 14 nitrogen and oxygen atoms in total. The number of nitrogens with two attached hydrogens (primary N) is 4. The molecule has 4 rings (SSSR count). The van der Waals surface area contributed by atoms with Gasteiger partial charge in [0.15, 0.2) is 11.5 Å². The summed E-state index contributed by atoms with van der Waals surface area (Å²) in [6, 6.07) is 19.8. The predicted octanol–water partition coefficient (Wildman–Crippen LogP) is 2.85. The van der Waals surface area contributed by atoms with Crippen molar-refractivity contribution in [2.24, 2.45) is 0 Å². The minimum Gasteiger partial charge on any atom is -0.504 e. The van der Waals surface area contributed by atoms with Gasteiger partial charge in [0.2, 0.25) is 0 Å². The lowest BCUT2D eigenvalue weighted by Gasteiger charge is -2.10. The molecule has 0 bridgehead atoms. The summed E-state index contributed by atoms with van der Waals surface area (Å²) in [4.78, 5) is 11.4. The van der Waals surface area contributed by atoms with Crippen LogP contribution in [0.3, 0.4) is 0 Å². The number of hydrogen-bond donors (Lipinski definition) is 8. The van der Waals surface area contributed by atoms with Crippen LogP contribution < -0.4 is 33.0 Å². The lowest BCUT2D eigenvalue weighted by molar-refractivity contribution is 0.102. The van der Waals surface area contributed by atoms with Gasteiger partial charge in [0.05, 0.1) is 17.7 Å². The standard InChI is InChI=1S/C13H13N3O4S.C7H9NO2.C6H7NO3S/c14-9-3-1-8(2-4-9)13(17)16-11-6-5-10(15)7-12(11)21(18,19)20;1-10-7-4-5(8)2-3-6(7)9;7-5-1-3-6(4-2-5)11(8,9)10/h1-7H,14-15H2,(H,16,17)(H,18,19,20);2-4,9H,8H2,1H3;1-4H,7H2,(H,8,9,10). The third-order valence-corrected chi connectivity index (χ3v) is 6.85. The quantitative estimate of drug-likeness (QED) is 0.0907. The van der Waals surface area contributed by atoms with E-state index in [1.807, 2.05) is 0 Å². The van der Waals surface area contributed by atoms with Crippen molar-refractivity contribution >= 4 is 54.6 Å². The van der Waals surface area contributed by atoms with Crippen molar-refractivity contribution in [1.29, 1.82) is 0 Å². The van der Waals surface area contributed by atoms with Crippen LogP contribution >= 0.6 is 0 Å². The molecular weight excluding hydrogens is 590 g/mol. The van der Waals surface area contributed by atoms with E-state index in [9.17, 15) is 21.6 Å². The van der Waals surface area contributed by atoms with Gasteiger partial charge in [-0.1, -0.05) is 0 Å². The molecule has 16 heteroatoms. The van der Waals surface area contributed by atoms with Crippen molar-refractivity contribution in [2.45, 2.75) is 9.79 Å². The number of benzene rings is 4. The van der Waals surface area contributed by atoms with E-state index in [4.69, 9.17) is 41.9 Å². The summed E-state index contributed by atoms with van der Waals surface area (Å²) in [6.07, 6.45) is 0. The summed E-state index contributed by atoms with van der Waals surface area (Å²) in [6.45, 7) is 0. The van der Waals surface area contributed by atoms with Crippen LogP contribution in [0.4, 0.5) is 28.4 Å². The first-order valence-corrected chi connectivity index (χ1v) is 14.4. The Labute approximate surface area is 242 Å². The van der Waals surface area contributed by atoms with Gasteiger partial charge < -0.3 is 38.1 Å². The maximum Gasteiger partial charge on any atom is 0.296 e. The van der Waals surface area contributed by atoms with Gasteiger partial charge in [0.25, 0.3) is 26.1 Å². The van der Waals surface area contributed by atoms with Crippen LogP contribution in [0.2, 0.25) is 0 Å². The molecule has 4 aromatic carbocycles. The number of nitrogens with one attached hydrogen (secondary N) is 1. The number of rotatable bonds is 5. The third-order valence-electron chi connectivity index (χ3n) is 5.09. The molecule has 0 saturated carbocycles. The summed E-state index contributed by atoms with van der Waals surface area (Å²) in [5.41, 5.74) is 23.6. The molecule has 0 atom stereocenters. The number of methoxy groups -OCH3 is 1. The zero-order chi connectivity index (χ0) is 31.7. The highest BCUT2D eigenvalue weighted by atomic mass is 32.2. The molecule has 1 amide bonds. The van der Waals surface area contributed by atoms with Crippen molar-refractivity contribution in [1.82, 2.24) is 0 Å². The van der Waals surface area contributed by atoms with Gasteiger partial charge in [0.1, 0.15) is 4.90 Å². The number of carbonyl (C=O) groups is 1. The fraction of sp³-hybridized carbons (Fsp3) is 0.0385. The molecule has 0 aliphatic heterocycles. The molecule has 4 aromatic rings. The van der Waals surface area contributed by atoms with Gasteiger partial charge in [-0.3, -0.25) is 13.9 Å². The van der Waals surface area contributed by atoms with Crippen LogP contribution in [0, 0.1) is 0 Å². The van der Waals surface area contributed by atoms with E-state index >= 15 is 0 Å². The molecule has 0 unspecified atom stereocenters. The minimum absolute atomic E-state index is 0.0616. The van der Waals surface area contributed by atoms with Gasteiger partial charge in [-0.25, -0.2) is 0 Å². The van der Waals surface area contributed by atoms with Gasteiger partial charge in [-0.15, -0.1) is 0 Å². The number of carbonyl (C=O) groups excluding carboxylic acids is 1. The SMILES string of the molecule is COc1cc(N)ccc1O.Nc1ccc(C(=O)Nc2ccc(N)cc2S(=O)(=O)O)cc1.Nc1ccc(S(=O)(=O)O)cc1. The van der Waals surface area contributed by atoms with E-state index in [1.54, 1.807) is 24.3 Å². The third kappa shape index (κ3) is 10.2. The van der Waals surface area contributed by atoms with Crippen LogP contribution in [0.1, 0.15) is 10.4 Å². The lowest BCUT2D eigenvalue weighted by atomic mass is 10.2. The smallest absolute Gasteiger partial charge is 0.296 e. The van der Waals surface area contributed by atoms with Crippen LogP contribution in [0.15, 0.2) is 94.7 Å². The number of phenolic OH excluding ortho intramolecular Hbond substituents is 1. The monoisotopic (exact) mass is 619 g/mol. The van der Waals surface area contributed by atoms with E-state index < -0.39 is 31.0 Å². The zero-order valence-corrected chi connectivity index (χ0v) is 23.6. The Kier molecular flexibility index (Phi) is 11.1. The second-order valence-corrected chi connectivity index (χ2v) is 11.1. The number of nitrogen functional groups attached to an aromatic ring is 4. The Morgan fingerprint density at radius 1 is 0.690 bits per heavy atom. The van der Waals surface area contributed by atoms with Gasteiger partial charge >= 0.3 is 0 Å². The summed E-state index contributed by atoms with van der Waals surface area (Å²) < 4.78 is 66.0. The Bertz CT molecular complexity index is 1750. The average Bonchev–Trinajstić information content (AvgIpc) is 2.91. The lowest BCUT2D eigenvalue weighted by Crippen LogP contribution is -2.15. The Balaban J connectivity index is 0.000000246. The van der Waals surface area contributed by atoms with E-state index in [-0.39, 0.29) is 22.0 Å². The molecule has 0 spiro atoms. The van der Waals surface area contributed by atoms with Crippen molar-refractivity contribution in [3.8, 4) is 11.5 Å². The normalized spacial score (nSPS) is 10.7. The molecule has 0 saturated heterocycles. The molecule has 0 fully saturated rings. The average molecular weight is 620 g/mol.